The van der Waals surface area contributed by atoms with Gasteiger partial charge in [-0.15, -0.1) is 0 Å². The molecule has 0 aromatic rings. The highest BCUT2D eigenvalue weighted by Gasteiger charge is 2.35. The van der Waals surface area contributed by atoms with E-state index in [-0.39, 0.29) is 11.9 Å². The summed E-state index contributed by atoms with van der Waals surface area (Å²) >= 11 is 0. The van der Waals surface area contributed by atoms with Gasteiger partial charge in [0.15, 0.2) is 0 Å². The molecule has 2 saturated heterocycles. The standard InChI is InChI=1S/C13H24N2O2/c1-10(13(16)17-3)8-15-7-6-11-4-5-12(9-15)14(11)2/h10-12H,4-9H2,1-3H3. The number of carbonyl (C=O) groups is 1. The zero-order valence-corrected chi connectivity index (χ0v) is 11.2. The van der Waals surface area contributed by atoms with Crippen molar-refractivity contribution in [3.05, 3.63) is 0 Å². The molecule has 0 aromatic carbocycles. The first-order valence-corrected chi connectivity index (χ1v) is 6.64. The van der Waals surface area contributed by atoms with Crippen LogP contribution in [0.5, 0.6) is 0 Å². The van der Waals surface area contributed by atoms with Crippen LogP contribution in [0.4, 0.5) is 0 Å². The molecule has 2 aliphatic heterocycles. The third-order valence-electron chi connectivity index (χ3n) is 4.37. The van der Waals surface area contributed by atoms with Gasteiger partial charge in [-0.1, -0.05) is 6.92 Å². The summed E-state index contributed by atoms with van der Waals surface area (Å²) in [6.45, 7) is 5.02. The Balaban J connectivity index is 1.89. The number of esters is 1. The molecule has 3 atom stereocenters. The number of rotatable bonds is 3. The smallest absolute Gasteiger partial charge is 0.309 e. The van der Waals surface area contributed by atoms with Crippen molar-refractivity contribution in [2.75, 3.05) is 33.8 Å². The monoisotopic (exact) mass is 240 g/mol. The van der Waals surface area contributed by atoms with Gasteiger partial charge in [-0.3, -0.25) is 9.69 Å². The lowest BCUT2D eigenvalue weighted by molar-refractivity contribution is -0.145. The van der Waals surface area contributed by atoms with Crippen LogP contribution in [-0.2, 0) is 9.53 Å². The normalized spacial score (nSPS) is 32.2. The molecule has 0 spiro atoms. The molecule has 0 amide bonds. The van der Waals surface area contributed by atoms with Crippen LogP contribution in [0, 0.1) is 5.92 Å². The first kappa shape index (κ1) is 12.8. The second kappa shape index (κ2) is 5.36. The van der Waals surface area contributed by atoms with Gasteiger partial charge in [0.2, 0.25) is 0 Å². The maximum Gasteiger partial charge on any atom is 0.309 e. The number of likely N-dealkylation sites (N-methyl/N-ethyl adjacent to an activating group) is 1. The number of fused-ring (bicyclic) bond motifs is 2. The average molecular weight is 240 g/mol. The molecule has 0 aromatic heterocycles. The summed E-state index contributed by atoms with van der Waals surface area (Å²) in [4.78, 5) is 16.4. The molecule has 0 radical (unpaired) electrons. The fourth-order valence-electron chi connectivity index (χ4n) is 3.21. The number of nitrogens with zero attached hydrogens (tertiary/aromatic N) is 2. The lowest BCUT2D eigenvalue weighted by atomic mass is 10.1. The summed E-state index contributed by atoms with van der Waals surface area (Å²) in [6, 6.07) is 1.45. The van der Waals surface area contributed by atoms with Gasteiger partial charge in [-0.2, -0.15) is 0 Å². The zero-order chi connectivity index (χ0) is 12.4. The van der Waals surface area contributed by atoms with Gasteiger partial charge in [0.1, 0.15) is 0 Å². The van der Waals surface area contributed by atoms with Gasteiger partial charge in [0.25, 0.3) is 0 Å². The molecule has 98 valence electrons. The van der Waals surface area contributed by atoms with E-state index in [1.165, 1.54) is 26.4 Å². The lowest BCUT2D eigenvalue weighted by Crippen LogP contribution is -2.39. The zero-order valence-electron chi connectivity index (χ0n) is 11.2. The molecule has 2 rings (SSSR count). The Bertz CT molecular complexity index is 283. The van der Waals surface area contributed by atoms with Crippen LogP contribution in [0.3, 0.4) is 0 Å². The summed E-state index contributed by atoms with van der Waals surface area (Å²) in [5, 5.41) is 0. The Morgan fingerprint density at radius 2 is 2.06 bits per heavy atom. The predicted molar refractivity (Wildman–Crippen MR) is 66.8 cm³/mol. The summed E-state index contributed by atoms with van der Waals surface area (Å²) < 4.78 is 4.79. The fraction of sp³-hybridized carbons (Fsp3) is 0.923. The van der Waals surface area contributed by atoms with Crippen LogP contribution in [0.1, 0.15) is 26.2 Å². The van der Waals surface area contributed by atoms with Crippen molar-refractivity contribution in [2.45, 2.75) is 38.3 Å². The molecule has 0 N–H and O–H groups in total. The first-order chi connectivity index (χ1) is 8.11. The SMILES string of the molecule is COC(=O)C(C)CN1CCC2CCC(C1)N2C. The first-order valence-electron chi connectivity index (χ1n) is 6.64. The third kappa shape index (κ3) is 2.80. The van der Waals surface area contributed by atoms with Gasteiger partial charge in [0, 0.05) is 25.2 Å². The van der Waals surface area contributed by atoms with E-state index >= 15 is 0 Å². The number of carbonyl (C=O) groups excluding carboxylic acids is 1. The summed E-state index contributed by atoms with van der Waals surface area (Å²) in [7, 11) is 3.71. The van der Waals surface area contributed by atoms with Gasteiger partial charge >= 0.3 is 5.97 Å². The summed E-state index contributed by atoms with van der Waals surface area (Å²) in [6.07, 6.45) is 3.90. The maximum atomic E-state index is 11.4. The fourth-order valence-corrected chi connectivity index (χ4v) is 3.21. The van der Waals surface area contributed by atoms with Gasteiger partial charge in [-0.05, 0) is 32.9 Å². The Kier molecular flexibility index (Phi) is 4.05. The van der Waals surface area contributed by atoms with Crippen molar-refractivity contribution in [3.63, 3.8) is 0 Å². The molecule has 4 heteroatoms. The number of hydrogen-bond acceptors (Lipinski definition) is 4. The molecule has 2 heterocycles. The van der Waals surface area contributed by atoms with E-state index in [1.807, 2.05) is 6.92 Å². The van der Waals surface area contributed by atoms with Crippen LogP contribution < -0.4 is 0 Å². The topological polar surface area (TPSA) is 32.8 Å². The summed E-state index contributed by atoms with van der Waals surface area (Å²) in [5.74, 6) is -0.102. The van der Waals surface area contributed by atoms with E-state index in [0.717, 1.165) is 25.7 Å². The molecule has 4 nitrogen and oxygen atoms in total. The third-order valence-corrected chi connectivity index (χ3v) is 4.37. The second-order valence-corrected chi connectivity index (χ2v) is 5.52. The maximum absolute atomic E-state index is 11.4. The lowest BCUT2D eigenvalue weighted by Gasteiger charge is -2.27. The molecule has 17 heavy (non-hydrogen) atoms. The number of likely N-dealkylation sites (tertiary alicyclic amines) is 1. The number of hydrogen-bond donors (Lipinski definition) is 0. The minimum absolute atomic E-state index is 0.0121. The number of methoxy groups -OCH3 is 1. The molecule has 2 aliphatic rings. The van der Waals surface area contributed by atoms with Gasteiger partial charge in [0.05, 0.1) is 13.0 Å². The highest BCUT2D eigenvalue weighted by atomic mass is 16.5. The molecule has 0 saturated carbocycles. The average Bonchev–Trinajstić information content (AvgIpc) is 2.56. The van der Waals surface area contributed by atoms with E-state index in [2.05, 4.69) is 16.8 Å². The van der Waals surface area contributed by atoms with Crippen molar-refractivity contribution in [1.29, 1.82) is 0 Å². The highest BCUT2D eigenvalue weighted by molar-refractivity contribution is 5.72. The van der Waals surface area contributed by atoms with Crippen molar-refractivity contribution in [1.82, 2.24) is 9.80 Å². The molecular weight excluding hydrogens is 216 g/mol. The summed E-state index contributed by atoms with van der Waals surface area (Å²) in [5.41, 5.74) is 0. The van der Waals surface area contributed by atoms with E-state index < -0.39 is 0 Å². The van der Waals surface area contributed by atoms with Crippen molar-refractivity contribution in [2.24, 2.45) is 5.92 Å². The minimum Gasteiger partial charge on any atom is -0.469 e. The van der Waals surface area contributed by atoms with Crippen LogP contribution in [0.25, 0.3) is 0 Å². The Labute approximate surface area is 104 Å². The van der Waals surface area contributed by atoms with Crippen LogP contribution in [0.15, 0.2) is 0 Å². The second-order valence-electron chi connectivity index (χ2n) is 5.52. The van der Waals surface area contributed by atoms with Crippen LogP contribution in [-0.4, -0.2) is 61.6 Å². The van der Waals surface area contributed by atoms with Crippen molar-refractivity contribution < 1.29 is 9.53 Å². The van der Waals surface area contributed by atoms with Crippen LogP contribution >= 0.6 is 0 Å². The predicted octanol–water partition coefficient (Wildman–Crippen LogP) is 0.964. The largest absolute Gasteiger partial charge is 0.469 e. The molecule has 0 aliphatic carbocycles. The molecular formula is C13H24N2O2. The van der Waals surface area contributed by atoms with Crippen molar-refractivity contribution >= 4 is 5.97 Å². The van der Waals surface area contributed by atoms with E-state index in [1.54, 1.807) is 0 Å². The minimum atomic E-state index is -0.0900. The van der Waals surface area contributed by atoms with E-state index in [0.29, 0.717) is 6.04 Å². The molecule has 2 fully saturated rings. The highest BCUT2D eigenvalue weighted by Crippen LogP contribution is 2.28. The van der Waals surface area contributed by atoms with Crippen molar-refractivity contribution in [3.8, 4) is 0 Å². The van der Waals surface area contributed by atoms with Gasteiger partial charge < -0.3 is 9.64 Å². The molecule has 3 unspecified atom stereocenters. The number of ether oxygens (including phenoxy) is 1. The molecule has 2 bridgehead atoms. The Morgan fingerprint density at radius 3 is 2.76 bits per heavy atom. The quantitative estimate of drug-likeness (QED) is 0.688. The van der Waals surface area contributed by atoms with Crippen LogP contribution in [0.2, 0.25) is 0 Å². The Morgan fingerprint density at radius 1 is 1.35 bits per heavy atom. The van der Waals surface area contributed by atoms with Gasteiger partial charge in [-0.25, -0.2) is 0 Å². The van der Waals surface area contributed by atoms with E-state index in [4.69, 9.17) is 4.74 Å². The van der Waals surface area contributed by atoms with E-state index in [9.17, 15) is 4.79 Å². The Hall–Kier alpha value is -0.610.